The van der Waals surface area contributed by atoms with Crippen molar-refractivity contribution in [1.29, 1.82) is 0 Å². The van der Waals surface area contributed by atoms with Crippen LogP contribution in [0.1, 0.15) is 22.0 Å². The van der Waals surface area contributed by atoms with E-state index in [0.29, 0.717) is 17.9 Å². The summed E-state index contributed by atoms with van der Waals surface area (Å²) >= 11 is 0. The highest BCUT2D eigenvalue weighted by Crippen LogP contribution is 2.29. The van der Waals surface area contributed by atoms with Crippen molar-refractivity contribution in [2.45, 2.75) is 5.92 Å². The lowest BCUT2D eigenvalue weighted by Crippen LogP contribution is -2.28. The molecule has 0 spiro atoms. The Bertz CT molecular complexity index is 968. The number of aryl methyl sites for hydroxylation is 1. The third-order valence-electron chi connectivity index (χ3n) is 4.86. The number of carbonyl (C=O) groups is 2. The molecule has 0 radical (unpaired) electrons. The van der Waals surface area contributed by atoms with E-state index in [4.69, 9.17) is 4.42 Å². The van der Waals surface area contributed by atoms with Gasteiger partial charge in [0, 0.05) is 43.6 Å². The number of aromatic nitrogens is 2. The quantitative estimate of drug-likeness (QED) is 0.594. The molecule has 29 heavy (non-hydrogen) atoms. The summed E-state index contributed by atoms with van der Waals surface area (Å²) in [7, 11) is 1.87. The van der Waals surface area contributed by atoms with Gasteiger partial charge in [-0.05, 0) is 42.0 Å². The van der Waals surface area contributed by atoms with Crippen LogP contribution in [0.2, 0.25) is 0 Å². The maximum Gasteiger partial charge on any atom is 0.291 e. The smallest absolute Gasteiger partial charge is 0.291 e. The summed E-state index contributed by atoms with van der Waals surface area (Å²) in [5.41, 5.74) is 2.36. The van der Waals surface area contributed by atoms with Gasteiger partial charge in [0.05, 0.1) is 18.4 Å². The number of hydrogen-bond acceptors (Lipinski definition) is 5. The summed E-state index contributed by atoms with van der Waals surface area (Å²) in [5, 5.41) is 13.2. The number of benzene rings is 1. The number of halogens is 1. The molecule has 3 N–H and O–H groups in total. The lowest BCUT2D eigenvalue weighted by atomic mass is 9.90. The van der Waals surface area contributed by atoms with Crippen molar-refractivity contribution in [3.05, 3.63) is 66.4 Å². The molecular weight excluding hydrogens is 394 g/mol. The van der Waals surface area contributed by atoms with Crippen molar-refractivity contribution in [1.82, 2.24) is 15.1 Å². The van der Waals surface area contributed by atoms with Crippen molar-refractivity contribution in [3.8, 4) is 0 Å². The fraction of sp³-hybridized carbons (Fsp3) is 0.250. The number of anilines is 2. The third kappa shape index (κ3) is 4.67. The zero-order chi connectivity index (χ0) is 19.5. The lowest BCUT2D eigenvalue weighted by Gasteiger charge is -2.17. The van der Waals surface area contributed by atoms with Gasteiger partial charge in [-0.3, -0.25) is 14.3 Å². The second kappa shape index (κ2) is 8.93. The van der Waals surface area contributed by atoms with E-state index in [9.17, 15) is 9.59 Å². The first-order chi connectivity index (χ1) is 13.6. The fourth-order valence-corrected chi connectivity index (χ4v) is 3.41. The minimum Gasteiger partial charge on any atom is -0.459 e. The van der Waals surface area contributed by atoms with Crippen molar-refractivity contribution in [3.63, 3.8) is 0 Å². The second-order valence-corrected chi connectivity index (χ2v) is 6.82. The average Bonchev–Trinajstić information content (AvgIpc) is 3.44. The molecule has 0 bridgehead atoms. The first-order valence-corrected chi connectivity index (χ1v) is 9.05. The number of nitrogens with zero attached hydrogens (tertiary/aromatic N) is 2. The third-order valence-corrected chi connectivity index (χ3v) is 4.86. The zero-order valence-corrected chi connectivity index (χ0v) is 16.6. The molecule has 9 heteroatoms. The van der Waals surface area contributed by atoms with Crippen LogP contribution in [0.4, 0.5) is 11.4 Å². The minimum atomic E-state index is -0.321. The molecule has 1 aromatic carbocycles. The maximum atomic E-state index is 12.8. The van der Waals surface area contributed by atoms with Crippen molar-refractivity contribution in [2.24, 2.45) is 13.0 Å². The number of carbonyl (C=O) groups excluding carboxylic acids is 2. The van der Waals surface area contributed by atoms with Gasteiger partial charge >= 0.3 is 0 Å². The topological polar surface area (TPSA) is 101 Å². The highest BCUT2D eigenvalue weighted by molar-refractivity contribution is 6.02. The number of amides is 2. The molecule has 0 unspecified atom stereocenters. The van der Waals surface area contributed by atoms with Crippen molar-refractivity contribution < 1.29 is 14.0 Å². The van der Waals surface area contributed by atoms with E-state index in [0.717, 1.165) is 12.1 Å². The number of furan rings is 1. The summed E-state index contributed by atoms with van der Waals surface area (Å²) in [6.07, 6.45) is 5.22. The standard InChI is InChI=1S/C20H21N5O3.ClH/c1-25-12-13(9-22-25)16-10-21-11-17(16)19(26)23-14-4-6-15(7-5-14)24-20(27)18-3-2-8-28-18;/h2-9,12,16-17,21H,10-11H2,1H3,(H,23,26)(H,24,27);1H/t16-,17+;/m1./s1. The Hall–Kier alpha value is -3.10. The molecular formula is C20H22ClN5O3. The van der Waals surface area contributed by atoms with Crippen LogP contribution in [0.3, 0.4) is 0 Å². The number of hydrogen-bond donors (Lipinski definition) is 3. The Morgan fingerprint density at radius 1 is 1.14 bits per heavy atom. The van der Waals surface area contributed by atoms with Crippen LogP contribution in [0.25, 0.3) is 0 Å². The Balaban J connectivity index is 0.00000240. The zero-order valence-electron chi connectivity index (χ0n) is 15.8. The summed E-state index contributed by atoms with van der Waals surface area (Å²) in [4.78, 5) is 24.8. The Kier molecular flexibility index (Phi) is 6.36. The molecule has 1 saturated heterocycles. The Morgan fingerprint density at radius 3 is 2.48 bits per heavy atom. The van der Waals surface area contributed by atoms with Gasteiger partial charge < -0.3 is 20.4 Å². The molecule has 0 aliphatic carbocycles. The van der Waals surface area contributed by atoms with Gasteiger partial charge in [-0.15, -0.1) is 12.4 Å². The maximum absolute atomic E-state index is 12.8. The van der Waals surface area contributed by atoms with E-state index in [1.54, 1.807) is 41.1 Å². The minimum absolute atomic E-state index is 0. The predicted octanol–water partition coefficient (Wildman–Crippen LogP) is 2.63. The molecule has 1 fully saturated rings. The van der Waals surface area contributed by atoms with E-state index < -0.39 is 0 Å². The van der Waals surface area contributed by atoms with Crippen molar-refractivity contribution in [2.75, 3.05) is 23.7 Å². The summed E-state index contributed by atoms with van der Waals surface area (Å²) in [6.45, 7) is 1.38. The van der Waals surface area contributed by atoms with Gasteiger partial charge in [-0.25, -0.2) is 0 Å². The molecule has 4 rings (SSSR count). The summed E-state index contributed by atoms with van der Waals surface area (Å²) in [5.74, 6) is -0.181. The van der Waals surface area contributed by atoms with Crippen LogP contribution in [-0.2, 0) is 11.8 Å². The van der Waals surface area contributed by atoms with Gasteiger partial charge in [0.2, 0.25) is 5.91 Å². The van der Waals surface area contributed by atoms with Crippen LogP contribution >= 0.6 is 12.4 Å². The largest absolute Gasteiger partial charge is 0.459 e. The predicted molar refractivity (Wildman–Crippen MR) is 111 cm³/mol. The Morgan fingerprint density at radius 2 is 1.86 bits per heavy atom. The second-order valence-electron chi connectivity index (χ2n) is 6.82. The molecule has 8 nitrogen and oxygen atoms in total. The molecule has 2 amide bonds. The number of nitrogens with one attached hydrogen (secondary N) is 3. The monoisotopic (exact) mass is 415 g/mol. The van der Waals surface area contributed by atoms with E-state index in [1.807, 2.05) is 19.4 Å². The first kappa shape index (κ1) is 20.6. The first-order valence-electron chi connectivity index (χ1n) is 9.05. The van der Waals surface area contributed by atoms with Crippen LogP contribution in [-0.4, -0.2) is 34.7 Å². The number of rotatable bonds is 5. The molecule has 0 saturated carbocycles. The highest BCUT2D eigenvalue weighted by atomic mass is 35.5. The normalized spacial score (nSPS) is 18.1. The van der Waals surface area contributed by atoms with Crippen LogP contribution in [0, 0.1) is 5.92 Å². The fourth-order valence-electron chi connectivity index (χ4n) is 3.41. The van der Waals surface area contributed by atoms with Crippen LogP contribution in [0.5, 0.6) is 0 Å². The van der Waals surface area contributed by atoms with Gasteiger partial charge in [0.25, 0.3) is 5.91 Å². The lowest BCUT2D eigenvalue weighted by molar-refractivity contribution is -0.119. The van der Waals surface area contributed by atoms with Crippen LogP contribution in [0.15, 0.2) is 59.5 Å². The van der Waals surface area contributed by atoms with E-state index in [1.165, 1.54) is 6.26 Å². The molecule has 1 aliphatic heterocycles. The molecule has 2 aromatic heterocycles. The molecule has 3 heterocycles. The van der Waals surface area contributed by atoms with Crippen LogP contribution < -0.4 is 16.0 Å². The highest BCUT2D eigenvalue weighted by Gasteiger charge is 2.34. The Labute approximate surface area is 174 Å². The van der Waals surface area contributed by atoms with Gasteiger partial charge in [-0.1, -0.05) is 0 Å². The molecule has 152 valence electrons. The van der Waals surface area contributed by atoms with Gasteiger partial charge in [0.15, 0.2) is 5.76 Å². The molecule has 2 atom stereocenters. The summed E-state index contributed by atoms with van der Waals surface area (Å²) in [6, 6.07) is 10.3. The molecule has 1 aliphatic rings. The van der Waals surface area contributed by atoms with Crippen molar-refractivity contribution >= 4 is 35.6 Å². The van der Waals surface area contributed by atoms with Gasteiger partial charge in [0.1, 0.15) is 0 Å². The average molecular weight is 416 g/mol. The van der Waals surface area contributed by atoms with E-state index in [2.05, 4.69) is 21.0 Å². The summed E-state index contributed by atoms with van der Waals surface area (Å²) < 4.78 is 6.82. The molecule has 3 aromatic rings. The van der Waals surface area contributed by atoms with E-state index >= 15 is 0 Å². The van der Waals surface area contributed by atoms with E-state index in [-0.39, 0.29) is 41.8 Å². The SMILES string of the molecule is Cl.Cn1cc([C@H]2CNC[C@@H]2C(=O)Nc2ccc(NC(=O)c3ccco3)cc2)cn1. The van der Waals surface area contributed by atoms with Gasteiger partial charge in [-0.2, -0.15) is 5.10 Å².